The number of benzene rings is 1. The van der Waals surface area contributed by atoms with Crippen LogP contribution < -0.4 is 4.74 Å². The van der Waals surface area contributed by atoms with Crippen molar-refractivity contribution in [1.82, 2.24) is 9.97 Å². The van der Waals surface area contributed by atoms with Crippen LogP contribution in [-0.4, -0.2) is 22.2 Å². The Balaban J connectivity index is 2.17. The predicted molar refractivity (Wildman–Crippen MR) is 86.9 cm³/mol. The second-order valence-electron chi connectivity index (χ2n) is 5.39. The van der Waals surface area contributed by atoms with E-state index in [2.05, 4.69) is 11.9 Å². The number of ether oxygens (including phenoxy) is 1. The molecule has 0 saturated carbocycles. The van der Waals surface area contributed by atoms with Gasteiger partial charge in [-0.3, -0.25) is 4.98 Å². The van der Waals surface area contributed by atoms with Gasteiger partial charge in [0.2, 0.25) is 0 Å². The SMILES string of the molecule is COc1cncc(-c2cc(C)c3ccc(C(C)O)cc3n2)c1. The number of methoxy groups -OCH3 is 1. The van der Waals surface area contributed by atoms with Gasteiger partial charge in [-0.15, -0.1) is 0 Å². The molecule has 0 fully saturated rings. The standard InChI is InChI=1S/C18H18N2O2/c1-11-6-17(14-7-15(22-3)10-19-9-14)20-18-8-13(12(2)21)4-5-16(11)18/h4-10,12,21H,1-3H3. The van der Waals surface area contributed by atoms with Gasteiger partial charge in [-0.1, -0.05) is 12.1 Å². The number of fused-ring (bicyclic) bond motifs is 1. The van der Waals surface area contributed by atoms with Crippen molar-refractivity contribution in [3.8, 4) is 17.0 Å². The highest BCUT2D eigenvalue weighted by molar-refractivity contribution is 5.85. The minimum absolute atomic E-state index is 0.506. The maximum atomic E-state index is 9.75. The van der Waals surface area contributed by atoms with Crippen molar-refractivity contribution in [3.05, 3.63) is 53.9 Å². The largest absolute Gasteiger partial charge is 0.495 e. The Morgan fingerprint density at radius 3 is 2.68 bits per heavy atom. The highest BCUT2D eigenvalue weighted by atomic mass is 16.5. The summed E-state index contributed by atoms with van der Waals surface area (Å²) in [6, 6.07) is 9.84. The van der Waals surface area contributed by atoms with Gasteiger partial charge in [-0.05, 0) is 43.2 Å². The molecule has 1 atom stereocenters. The molecule has 0 amide bonds. The number of hydrogen-bond donors (Lipinski definition) is 1. The molecule has 0 spiro atoms. The van der Waals surface area contributed by atoms with Crippen molar-refractivity contribution in [2.24, 2.45) is 0 Å². The third kappa shape index (κ3) is 2.65. The summed E-state index contributed by atoms with van der Waals surface area (Å²) in [4.78, 5) is 8.90. The molecule has 4 nitrogen and oxygen atoms in total. The molecule has 1 unspecified atom stereocenters. The highest BCUT2D eigenvalue weighted by Crippen LogP contribution is 2.27. The lowest BCUT2D eigenvalue weighted by atomic mass is 10.0. The van der Waals surface area contributed by atoms with Gasteiger partial charge < -0.3 is 9.84 Å². The van der Waals surface area contributed by atoms with Crippen LogP contribution >= 0.6 is 0 Å². The number of rotatable bonds is 3. The van der Waals surface area contributed by atoms with Crippen LogP contribution in [0.25, 0.3) is 22.2 Å². The molecular formula is C18H18N2O2. The summed E-state index contributed by atoms with van der Waals surface area (Å²) < 4.78 is 5.22. The number of aliphatic hydroxyl groups excluding tert-OH is 1. The topological polar surface area (TPSA) is 55.2 Å². The molecule has 3 aromatic rings. The number of pyridine rings is 2. The van der Waals surface area contributed by atoms with Gasteiger partial charge in [0.25, 0.3) is 0 Å². The highest BCUT2D eigenvalue weighted by Gasteiger charge is 2.09. The van der Waals surface area contributed by atoms with Crippen molar-refractivity contribution in [2.45, 2.75) is 20.0 Å². The Hall–Kier alpha value is -2.46. The molecular weight excluding hydrogens is 276 g/mol. The maximum Gasteiger partial charge on any atom is 0.137 e. The van der Waals surface area contributed by atoms with Gasteiger partial charge in [0, 0.05) is 17.1 Å². The molecule has 0 bridgehead atoms. The summed E-state index contributed by atoms with van der Waals surface area (Å²) in [6.45, 7) is 3.81. The Labute approximate surface area is 129 Å². The quantitative estimate of drug-likeness (QED) is 0.801. The summed E-state index contributed by atoms with van der Waals surface area (Å²) in [7, 11) is 1.62. The van der Waals surface area contributed by atoms with Gasteiger partial charge in [-0.25, -0.2) is 4.98 Å². The van der Waals surface area contributed by atoms with Crippen molar-refractivity contribution in [2.75, 3.05) is 7.11 Å². The van der Waals surface area contributed by atoms with Crippen LogP contribution in [0.4, 0.5) is 0 Å². The summed E-state index contributed by atoms with van der Waals surface area (Å²) in [5.41, 5.74) is 4.63. The van der Waals surface area contributed by atoms with Gasteiger partial charge in [0.15, 0.2) is 0 Å². The first-order chi connectivity index (χ1) is 10.6. The fourth-order valence-electron chi connectivity index (χ4n) is 2.50. The zero-order valence-corrected chi connectivity index (χ0v) is 12.9. The van der Waals surface area contributed by atoms with Crippen LogP contribution in [0.2, 0.25) is 0 Å². The molecule has 0 aliphatic heterocycles. The van der Waals surface area contributed by atoms with Gasteiger partial charge in [-0.2, -0.15) is 0 Å². The van der Waals surface area contributed by atoms with E-state index in [0.29, 0.717) is 5.75 Å². The Kier molecular flexibility index (Phi) is 3.77. The minimum Gasteiger partial charge on any atom is -0.495 e. The molecule has 0 saturated heterocycles. The zero-order chi connectivity index (χ0) is 15.7. The fourth-order valence-corrected chi connectivity index (χ4v) is 2.50. The normalized spacial score (nSPS) is 12.4. The predicted octanol–water partition coefficient (Wildman–Crippen LogP) is 3.67. The lowest BCUT2D eigenvalue weighted by Crippen LogP contribution is -1.94. The van der Waals surface area contributed by atoms with Crippen molar-refractivity contribution in [3.63, 3.8) is 0 Å². The zero-order valence-electron chi connectivity index (χ0n) is 12.9. The second kappa shape index (κ2) is 5.73. The average molecular weight is 294 g/mol. The fraction of sp³-hybridized carbons (Fsp3) is 0.222. The van der Waals surface area contributed by atoms with E-state index in [1.54, 1.807) is 26.4 Å². The molecule has 112 valence electrons. The number of aliphatic hydroxyl groups is 1. The van der Waals surface area contributed by atoms with Gasteiger partial charge >= 0.3 is 0 Å². The van der Waals surface area contributed by atoms with Crippen molar-refractivity contribution < 1.29 is 9.84 Å². The molecule has 0 radical (unpaired) electrons. The van der Waals surface area contributed by atoms with E-state index in [1.807, 2.05) is 30.3 Å². The summed E-state index contributed by atoms with van der Waals surface area (Å²) in [5.74, 6) is 0.704. The number of nitrogens with zero attached hydrogens (tertiary/aromatic N) is 2. The van der Waals surface area contributed by atoms with Crippen molar-refractivity contribution in [1.29, 1.82) is 0 Å². The Morgan fingerprint density at radius 2 is 1.95 bits per heavy atom. The third-order valence-electron chi connectivity index (χ3n) is 3.77. The van der Waals surface area contributed by atoms with Gasteiger partial charge in [0.05, 0.1) is 30.6 Å². The van der Waals surface area contributed by atoms with E-state index in [1.165, 1.54) is 0 Å². The molecule has 2 aromatic heterocycles. The molecule has 22 heavy (non-hydrogen) atoms. The van der Waals surface area contributed by atoms with Crippen LogP contribution in [0.1, 0.15) is 24.2 Å². The van der Waals surface area contributed by atoms with Crippen LogP contribution in [0, 0.1) is 6.92 Å². The van der Waals surface area contributed by atoms with E-state index >= 15 is 0 Å². The first-order valence-electron chi connectivity index (χ1n) is 7.17. The van der Waals surface area contributed by atoms with Crippen LogP contribution in [0.3, 0.4) is 0 Å². The molecule has 0 aliphatic rings. The molecule has 1 aromatic carbocycles. The molecule has 1 N–H and O–H groups in total. The molecule has 2 heterocycles. The lowest BCUT2D eigenvalue weighted by molar-refractivity contribution is 0.199. The molecule has 0 aliphatic carbocycles. The summed E-state index contributed by atoms with van der Waals surface area (Å²) in [5, 5.41) is 10.8. The Morgan fingerprint density at radius 1 is 1.14 bits per heavy atom. The van der Waals surface area contributed by atoms with Crippen LogP contribution in [0.5, 0.6) is 5.75 Å². The van der Waals surface area contributed by atoms with Crippen LogP contribution in [-0.2, 0) is 0 Å². The lowest BCUT2D eigenvalue weighted by Gasteiger charge is -2.10. The van der Waals surface area contributed by atoms with Gasteiger partial charge in [0.1, 0.15) is 5.75 Å². The minimum atomic E-state index is -0.506. The summed E-state index contributed by atoms with van der Waals surface area (Å²) >= 11 is 0. The van der Waals surface area contributed by atoms with Crippen molar-refractivity contribution >= 4 is 10.9 Å². The monoisotopic (exact) mass is 294 g/mol. The number of aromatic nitrogens is 2. The van der Waals surface area contributed by atoms with Crippen LogP contribution in [0.15, 0.2) is 42.7 Å². The number of aryl methyl sites for hydroxylation is 1. The molecule has 3 rings (SSSR count). The van der Waals surface area contributed by atoms with E-state index < -0.39 is 6.10 Å². The third-order valence-corrected chi connectivity index (χ3v) is 3.77. The first kappa shape index (κ1) is 14.5. The van der Waals surface area contributed by atoms with E-state index in [9.17, 15) is 5.11 Å². The first-order valence-corrected chi connectivity index (χ1v) is 7.17. The molecule has 4 heteroatoms. The smallest absolute Gasteiger partial charge is 0.137 e. The number of hydrogen-bond acceptors (Lipinski definition) is 4. The second-order valence-corrected chi connectivity index (χ2v) is 5.39. The average Bonchev–Trinajstić information content (AvgIpc) is 2.54. The van der Waals surface area contributed by atoms with E-state index in [0.717, 1.165) is 33.3 Å². The summed E-state index contributed by atoms with van der Waals surface area (Å²) in [6.07, 6.45) is 2.94. The maximum absolute atomic E-state index is 9.75. The Bertz CT molecular complexity index is 828. The van der Waals surface area contributed by atoms with E-state index in [-0.39, 0.29) is 0 Å². The van der Waals surface area contributed by atoms with E-state index in [4.69, 9.17) is 9.72 Å².